The Kier molecular flexibility index (Phi) is 4.05. The predicted octanol–water partition coefficient (Wildman–Crippen LogP) is 3.80. The molecule has 2 heteroatoms. The first-order valence-corrected chi connectivity index (χ1v) is 6.52. The van der Waals surface area contributed by atoms with Crippen molar-refractivity contribution in [3.8, 4) is 0 Å². The molecule has 0 amide bonds. The number of rotatable bonds is 4. The van der Waals surface area contributed by atoms with Crippen LogP contribution in [0.2, 0.25) is 5.02 Å². The van der Waals surface area contributed by atoms with Gasteiger partial charge in [0, 0.05) is 17.0 Å². The molecule has 0 radical (unpaired) electrons. The van der Waals surface area contributed by atoms with E-state index in [9.17, 15) is 0 Å². The fourth-order valence-corrected chi connectivity index (χ4v) is 2.44. The summed E-state index contributed by atoms with van der Waals surface area (Å²) in [4.78, 5) is 0. The van der Waals surface area contributed by atoms with Crippen LogP contribution in [0.25, 0.3) is 0 Å². The fourth-order valence-electron chi connectivity index (χ4n) is 2.23. The molecule has 18 heavy (non-hydrogen) atoms. The van der Waals surface area contributed by atoms with Crippen molar-refractivity contribution in [2.45, 2.75) is 18.8 Å². The first-order valence-electron chi connectivity index (χ1n) is 6.14. The normalized spacial score (nSPS) is 14.2. The minimum absolute atomic E-state index is 0.0497. The Bertz CT molecular complexity index is 510. The van der Waals surface area contributed by atoms with Gasteiger partial charge in [-0.15, -0.1) is 0 Å². The standard InChI is InChI=1S/C16H18ClN/c1-16(12-18,14-7-3-2-4-8-14)11-13-6-5-9-15(17)10-13/h2-10H,11-12,18H2,1H3. The molecule has 2 aromatic rings. The van der Waals surface area contributed by atoms with Crippen molar-refractivity contribution in [2.24, 2.45) is 5.73 Å². The van der Waals surface area contributed by atoms with Gasteiger partial charge in [0.05, 0.1) is 0 Å². The highest BCUT2D eigenvalue weighted by Gasteiger charge is 2.25. The van der Waals surface area contributed by atoms with Crippen molar-refractivity contribution in [1.82, 2.24) is 0 Å². The summed E-state index contributed by atoms with van der Waals surface area (Å²) in [5.41, 5.74) is 8.43. The van der Waals surface area contributed by atoms with Crippen LogP contribution < -0.4 is 5.73 Å². The summed E-state index contributed by atoms with van der Waals surface area (Å²) in [7, 11) is 0. The molecule has 0 fully saturated rings. The molecule has 0 aliphatic heterocycles. The second-order valence-corrected chi connectivity index (χ2v) is 5.37. The van der Waals surface area contributed by atoms with Gasteiger partial charge in [-0.2, -0.15) is 0 Å². The minimum Gasteiger partial charge on any atom is -0.330 e. The van der Waals surface area contributed by atoms with Gasteiger partial charge in [-0.1, -0.05) is 61.0 Å². The van der Waals surface area contributed by atoms with Crippen LogP contribution in [-0.4, -0.2) is 6.54 Å². The predicted molar refractivity (Wildman–Crippen MR) is 78.0 cm³/mol. The van der Waals surface area contributed by atoms with E-state index in [1.54, 1.807) is 0 Å². The molecule has 2 N–H and O–H groups in total. The SMILES string of the molecule is CC(CN)(Cc1cccc(Cl)c1)c1ccccc1. The van der Waals surface area contributed by atoms with Crippen molar-refractivity contribution in [1.29, 1.82) is 0 Å². The second-order valence-electron chi connectivity index (χ2n) is 4.94. The Labute approximate surface area is 114 Å². The van der Waals surface area contributed by atoms with Crippen molar-refractivity contribution >= 4 is 11.6 Å². The van der Waals surface area contributed by atoms with Gasteiger partial charge in [0.25, 0.3) is 0 Å². The van der Waals surface area contributed by atoms with E-state index in [0.29, 0.717) is 6.54 Å². The highest BCUT2D eigenvalue weighted by Crippen LogP contribution is 2.27. The van der Waals surface area contributed by atoms with E-state index in [-0.39, 0.29) is 5.41 Å². The van der Waals surface area contributed by atoms with Crippen LogP contribution in [0.3, 0.4) is 0 Å². The van der Waals surface area contributed by atoms with E-state index < -0.39 is 0 Å². The van der Waals surface area contributed by atoms with Gasteiger partial charge in [0.2, 0.25) is 0 Å². The molecule has 0 saturated carbocycles. The third kappa shape index (κ3) is 2.92. The first kappa shape index (κ1) is 13.1. The van der Waals surface area contributed by atoms with Gasteiger partial charge in [0.15, 0.2) is 0 Å². The molecule has 2 rings (SSSR count). The van der Waals surface area contributed by atoms with Gasteiger partial charge in [-0.25, -0.2) is 0 Å². The lowest BCUT2D eigenvalue weighted by Crippen LogP contribution is -2.34. The molecule has 2 aromatic carbocycles. The van der Waals surface area contributed by atoms with Crippen LogP contribution in [0.4, 0.5) is 0 Å². The molecule has 0 aliphatic carbocycles. The van der Waals surface area contributed by atoms with Crippen LogP contribution in [0.15, 0.2) is 54.6 Å². The van der Waals surface area contributed by atoms with Gasteiger partial charge in [-0.05, 0) is 29.7 Å². The summed E-state index contributed by atoms with van der Waals surface area (Å²) >= 11 is 6.03. The van der Waals surface area contributed by atoms with E-state index in [1.807, 2.05) is 24.3 Å². The largest absolute Gasteiger partial charge is 0.330 e. The van der Waals surface area contributed by atoms with Crippen molar-refractivity contribution < 1.29 is 0 Å². The molecule has 0 heterocycles. The van der Waals surface area contributed by atoms with E-state index in [4.69, 9.17) is 17.3 Å². The molecule has 1 atom stereocenters. The maximum atomic E-state index is 6.03. The van der Waals surface area contributed by atoms with Gasteiger partial charge >= 0.3 is 0 Å². The Morgan fingerprint density at radius 2 is 1.78 bits per heavy atom. The molecule has 0 bridgehead atoms. The van der Waals surface area contributed by atoms with Crippen LogP contribution in [0, 0.1) is 0 Å². The quantitative estimate of drug-likeness (QED) is 0.888. The minimum atomic E-state index is -0.0497. The molecule has 0 aromatic heterocycles. The number of halogens is 1. The third-order valence-corrected chi connectivity index (χ3v) is 3.64. The third-order valence-electron chi connectivity index (χ3n) is 3.40. The number of hydrogen-bond donors (Lipinski definition) is 1. The molecule has 0 spiro atoms. The zero-order chi connectivity index (χ0) is 13.0. The summed E-state index contributed by atoms with van der Waals surface area (Å²) in [6, 6.07) is 18.4. The highest BCUT2D eigenvalue weighted by atomic mass is 35.5. The Morgan fingerprint density at radius 1 is 1.06 bits per heavy atom. The summed E-state index contributed by atoms with van der Waals surface area (Å²) in [6.07, 6.45) is 0.897. The lowest BCUT2D eigenvalue weighted by molar-refractivity contribution is 0.481. The monoisotopic (exact) mass is 259 g/mol. The lowest BCUT2D eigenvalue weighted by Gasteiger charge is -2.29. The molecule has 0 aliphatic rings. The van der Waals surface area contributed by atoms with E-state index in [1.165, 1.54) is 11.1 Å². The van der Waals surface area contributed by atoms with E-state index in [0.717, 1.165) is 11.4 Å². The smallest absolute Gasteiger partial charge is 0.0408 e. The number of nitrogens with two attached hydrogens (primary N) is 1. The summed E-state index contributed by atoms with van der Waals surface area (Å²) in [5.74, 6) is 0. The zero-order valence-corrected chi connectivity index (χ0v) is 11.3. The van der Waals surface area contributed by atoms with Crippen LogP contribution in [0.5, 0.6) is 0 Å². The Morgan fingerprint density at radius 3 is 2.39 bits per heavy atom. The second kappa shape index (κ2) is 5.55. The highest BCUT2D eigenvalue weighted by molar-refractivity contribution is 6.30. The maximum absolute atomic E-state index is 6.03. The average Bonchev–Trinajstić information content (AvgIpc) is 2.39. The first-order chi connectivity index (χ1) is 8.64. The zero-order valence-electron chi connectivity index (χ0n) is 10.6. The molecule has 0 saturated heterocycles. The maximum Gasteiger partial charge on any atom is 0.0408 e. The van der Waals surface area contributed by atoms with E-state index in [2.05, 4.69) is 37.3 Å². The Hall–Kier alpha value is -1.31. The van der Waals surface area contributed by atoms with Gasteiger partial charge < -0.3 is 5.73 Å². The summed E-state index contributed by atoms with van der Waals surface area (Å²) < 4.78 is 0. The number of benzene rings is 2. The summed E-state index contributed by atoms with van der Waals surface area (Å²) in [6.45, 7) is 2.81. The lowest BCUT2D eigenvalue weighted by atomic mass is 9.77. The summed E-state index contributed by atoms with van der Waals surface area (Å²) in [5, 5.41) is 0.778. The van der Waals surface area contributed by atoms with Crippen molar-refractivity contribution in [3.63, 3.8) is 0 Å². The van der Waals surface area contributed by atoms with E-state index >= 15 is 0 Å². The molecule has 1 nitrogen and oxygen atoms in total. The molecule has 1 unspecified atom stereocenters. The van der Waals surface area contributed by atoms with Crippen LogP contribution in [-0.2, 0) is 11.8 Å². The van der Waals surface area contributed by atoms with Crippen LogP contribution in [0.1, 0.15) is 18.1 Å². The molecular formula is C16H18ClN. The Balaban J connectivity index is 2.29. The van der Waals surface area contributed by atoms with Crippen molar-refractivity contribution in [2.75, 3.05) is 6.54 Å². The van der Waals surface area contributed by atoms with Crippen LogP contribution >= 0.6 is 11.6 Å². The fraction of sp³-hybridized carbons (Fsp3) is 0.250. The van der Waals surface area contributed by atoms with Gasteiger partial charge in [0.1, 0.15) is 0 Å². The molecule has 94 valence electrons. The topological polar surface area (TPSA) is 26.0 Å². The number of hydrogen-bond acceptors (Lipinski definition) is 1. The van der Waals surface area contributed by atoms with Gasteiger partial charge in [-0.3, -0.25) is 0 Å². The van der Waals surface area contributed by atoms with Crippen molar-refractivity contribution in [3.05, 3.63) is 70.7 Å². The average molecular weight is 260 g/mol. The molecular weight excluding hydrogens is 242 g/mol.